The average Bonchev–Trinajstić information content (AvgIpc) is 2.68. The van der Waals surface area contributed by atoms with Crippen LogP contribution >= 0.6 is 0 Å². The summed E-state index contributed by atoms with van der Waals surface area (Å²) < 4.78 is 40.6. The van der Waals surface area contributed by atoms with E-state index in [4.69, 9.17) is 5.11 Å². The first-order valence-electron chi connectivity index (χ1n) is 4.69. The average molecular weight is 243 g/mol. The molecule has 4 nitrogen and oxygen atoms in total. The predicted molar refractivity (Wildman–Crippen MR) is 52.2 cm³/mol. The molecule has 1 heterocycles. The van der Waals surface area contributed by atoms with Gasteiger partial charge in [-0.15, -0.1) is 5.10 Å². The molecule has 2 aromatic rings. The van der Waals surface area contributed by atoms with E-state index >= 15 is 0 Å². The van der Waals surface area contributed by atoms with Gasteiger partial charge in [-0.1, -0.05) is 5.21 Å². The summed E-state index contributed by atoms with van der Waals surface area (Å²) in [7, 11) is 1.46. The molecule has 0 aliphatic carbocycles. The molecule has 1 aromatic heterocycles. The highest BCUT2D eigenvalue weighted by molar-refractivity contribution is 5.62. The highest BCUT2D eigenvalue weighted by atomic mass is 19.2. The van der Waals surface area contributed by atoms with E-state index in [9.17, 15) is 13.2 Å². The lowest BCUT2D eigenvalue weighted by molar-refractivity contribution is 0.277. The van der Waals surface area contributed by atoms with Crippen LogP contribution in [-0.2, 0) is 13.7 Å². The van der Waals surface area contributed by atoms with Crippen LogP contribution in [0.25, 0.3) is 11.3 Å². The van der Waals surface area contributed by atoms with Crippen LogP contribution in [-0.4, -0.2) is 20.1 Å². The fraction of sp³-hybridized carbons (Fsp3) is 0.200. The second-order valence-corrected chi connectivity index (χ2v) is 3.39. The lowest BCUT2D eigenvalue weighted by Gasteiger charge is -2.06. The number of benzene rings is 1. The molecule has 0 spiro atoms. The maximum atomic E-state index is 13.6. The highest BCUT2D eigenvalue weighted by Gasteiger charge is 2.20. The van der Waals surface area contributed by atoms with E-state index in [-0.39, 0.29) is 17.0 Å². The number of hydrogen-bond donors (Lipinski definition) is 1. The summed E-state index contributed by atoms with van der Waals surface area (Å²) in [6, 6.07) is 1.88. The molecule has 7 heteroatoms. The monoisotopic (exact) mass is 243 g/mol. The van der Waals surface area contributed by atoms with Crippen LogP contribution in [0.15, 0.2) is 12.1 Å². The van der Waals surface area contributed by atoms with Crippen LogP contribution in [0.4, 0.5) is 13.2 Å². The molecule has 0 radical (unpaired) electrons. The molecule has 0 amide bonds. The zero-order valence-corrected chi connectivity index (χ0v) is 8.78. The van der Waals surface area contributed by atoms with Crippen molar-refractivity contribution in [2.75, 3.05) is 0 Å². The van der Waals surface area contributed by atoms with Gasteiger partial charge in [-0.3, -0.25) is 0 Å². The van der Waals surface area contributed by atoms with Crippen molar-refractivity contribution in [3.05, 3.63) is 35.3 Å². The van der Waals surface area contributed by atoms with Crippen molar-refractivity contribution in [3.8, 4) is 11.3 Å². The number of hydrogen-bond acceptors (Lipinski definition) is 3. The van der Waals surface area contributed by atoms with Crippen molar-refractivity contribution in [1.82, 2.24) is 15.0 Å². The van der Waals surface area contributed by atoms with Gasteiger partial charge in [-0.2, -0.15) is 0 Å². The zero-order valence-electron chi connectivity index (χ0n) is 8.78. The van der Waals surface area contributed by atoms with Crippen LogP contribution in [0.3, 0.4) is 0 Å². The summed E-state index contributed by atoms with van der Waals surface area (Å²) in [5.74, 6) is -4.16. The van der Waals surface area contributed by atoms with Gasteiger partial charge in [0.2, 0.25) is 0 Å². The Balaban J connectivity index is 2.68. The topological polar surface area (TPSA) is 50.9 Å². The molecule has 1 aromatic carbocycles. The molecule has 0 atom stereocenters. The summed E-state index contributed by atoms with van der Waals surface area (Å²) in [6.07, 6.45) is 0. The van der Waals surface area contributed by atoms with E-state index in [1.165, 1.54) is 11.7 Å². The van der Waals surface area contributed by atoms with Crippen LogP contribution in [0.5, 0.6) is 0 Å². The summed E-state index contributed by atoms with van der Waals surface area (Å²) >= 11 is 0. The highest BCUT2D eigenvalue weighted by Crippen LogP contribution is 2.27. The Hall–Kier alpha value is -1.89. The first kappa shape index (κ1) is 11.6. The summed E-state index contributed by atoms with van der Waals surface area (Å²) in [5.41, 5.74) is 0.0155. The maximum absolute atomic E-state index is 13.6. The summed E-state index contributed by atoms with van der Waals surface area (Å²) in [5, 5.41) is 16.2. The Morgan fingerprint density at radius 1 is 1.24 bits per heavy atom. The van der Waals surface area contributed by atoms with Gasteiger partial charge in [-0.05, 0) is 12.1 Å². The lowest BCUT2D eigenvalue weighted by atomic mass is 10.1. The number of aromatic nitrogens is 3. The Bertz CT molecular complexity index is 568. The van der Waals surface area contributed by atoms with Crippen molar-refractivity contribution >= 4 is 0 Å². The quantitative estimate of drug-likeness (QED) is 0.811. The second-order valence-electron chi connectivity index (χ2n) is 3.39. The van der Waals surface area contributed by atoms with Crippen LogP contribution in [0, 0.1) is 17.5 Å². The van der Waals surface area contributed by atoms with E-state index in [0.717, 1.165) is 12.1 Å². The summed E-state index contributed by atoms with van der Waals surface area (Å²) in [6.45, 7) is -0.471. The predicted octanol–water partition coefficient (Wildman–Crippen LogP) is 1.39. The minimum absolute atomic E-state index is 0.0948. The molecule has 0 aliphatic rings. The van der Waals surface area contributed by atoms with Gasteiger partial charge in [0.1, 0.15) is 5.69 Å². The number of aliphatic hydroxyl groups excluding tert-OH is 1. The lowest BCUT2D eigenvalue weighted by Crippen LogP contribution is -2.01. The minimum atomic E-state index is -1.56. The van der Waals surface area contributed by atoms with Gasteiger partial charge < -0.3 is 5.11 Å². The van der Waals surface area contributed by atoms with Gasteiger partial charge >= 0.3 is 0 Å². The van der Waals surface area contributed by atoms with Gasteiger partial charge in [0, 0.05) is 12.6 Å². The van der Waals surface area contributed by atoms with E-state index < -0.39 is 24.1 Å². The van der Waals surface area contributed by atoms with Gasteiger partial charge in [0.05, 0.1) is 12.3 Å². The van der Waals surface area contributed by atoms with Crippen molar-refractivity contribution in [2.45, 2.75) is 6.61 Å². The maximum Gasteiger partial charge on any atom is 0.195 e. The largest absolute Gasteiger partial charge is 0.390 e. The van der Waals surface area contributed by atoms with E-state index in [1.807, 2.05) is 0 Å². The Labute approximate surface area is 94.3 Å². The number of rotatable bonds is 2. The first-order valence-corrected chi connectivity index (χ1v) is 4.69. The van der Waals surface area contributed by atoms with Gasteiger partial charge in [0.15, 0.2) is 17.5 Å². The van der Waals surface area contributed by atoms with Crippen LogP contribution in [0.2, 0.25) is 0 Å². The number of aryl methyl sites for hydroxylation is 1. The third-order valence-corrected chi connectivity index (χ3v) is 2.34. The first-order chi connectivity index (χ1) is 8.06. The fourth-order valence-corrected chi connectivity index (χ4v) is 1.54. The van der Waals surface area contributed by atoms with Crippen molar-refractivity contribution in [2.24, 2.45) is 7.05 Å². The fourth-order valence-electron chi connectivity index (χ4n) is 1.54. The Morgan fingerprint density at radius 2 is 1.94 bits per heavy atom. The Kier molecular flexibility index (Phi) is 2.84. The molecule has 0 saturated heterocycles. The SMILES string of the molecule is Cn1nnc(CO)c1-c1ccc(F)c(F)c1F. The van der Waals surface area contributed by atoms with Crippen LogP contribution < -0.4 is 0 Å². The van der Waals surface area contributed by atoms with Gasteiger partial charge in [-0.25, -0.2) is 17.9 Å². The molecule has 0 unspecified atom stereocenters. The second kappa shape index (κ2) is 4.17. The normalized spacial score (nSPS) is 10.9. The molecule has 2 rings (SSSR count). The van der Waals surface area contributed by atoms with E-state index in [0.29, 0.717) is 0 Å². The number of aliphatic hydroxyl groups is 1. The molecule has 0 bridgehead atoms. The van der Waals surface area contributed by atoms with Crippen molar-refractivity contribution in [1.29, 1.82) is 0 Å². The third-order valence-electron chi connectivity index (χ3n) is 2.34. The summed E-state index contributed by atoms with van der Waals surface area (Å²) in [4.78, 5) is 0. The molecule has 1 N–H and O–H groups in total. The molecule has 0 saturated carbocycles. The molecule has 0 aliphatic heterocycles. The van der Waals surface area contributed by atoms with Crippen LogP contribution in [0.1, 0.15) is 5.69 Å². The van der Waals surface area contributed by atoms with E-state index in [1.54, 1.807) is 0 Å². The van der Waals surface area contributed by atoms with Crippen molar-refractivity contribution < 1.29 is 18.3 Å². The Morgan fingerprint density at radius 3 is 2.59 bits per heavy atom. The van der Waals surface area contributed by atoms with Gasteiger partial charge in [0.25, 0.3) is 0 Å². The molecular weight excluding hydrogens is 235 g/mol. The number of nitrogens with zero attached hydrogens (tertiary/aromatic N) is 3. The molecular formula is C10H8F3N3O. The minimum Gasteiger partial charge on any atom is -0.390 e. The molecule has 17 heavy (non-hydrogen) atoms. The molecule has 90 valence electrons. The van der Waals surface area contributed by atoms with Crippen molar-refractivity contribution in [3.63, 3.8) is 0 Å². The smallest absolute Gasteiger partial charge is 0.195 e. The number of halogens is 3. The zero-order chi connectivity index (χ0) is 12.6. The third kappa shape index (κ3) is 1.78. The van der Waals surface area contributed by atoms with E-state index in [2.05, 4.69) is 10.3 Å². The standard InChI is InChI=1S/C10H8F3N3O/c1-16-10(7(4-17)14-15-16)5-2-3-6(11)9(13)8(5)12/h2-3,17H,4H2,1H3. The molecule has 0 fully saturated rings.